The maximum atomic E-state index is 12.7. The number of benzene rings is 2. The number of urea groups is 1. The van der Waals surface area contributed by atoms with Gasteiger partial charge >= 0.3 is 12.2 Å². The van der Waals surface area contributed by atoms with E-state index in [1.165, 1.54) is 6.08 Å². The van der Waals surface area contributed by atoms with Crippen molar-refractivity contribution in [1.29, 1.82) is 0 Å². The topological polar surface area (TPSA) is 74.1 Å². The van der Waals surface area contributed by atoms with Gasteiger partial charge in [-0.15, -0.1) is 0 Å². The first kappa shape index (κ1) is 20.6. The number of anilines is 1. The molecule has 2 aromatic carbocycles. The molecule has 3 rings (SSSR count). The summed E-state index contributed by atoms with van der Waals surface area (Å²) in [5, 5.41) is 8.29. The van der Waals surface area contributed by atoms with Gasteiger partial charge in [-0.1, -0.05) is 23.7 Å². The third kappa shape index (κ3) is 4.47. The number of amides is 2. The average Bonchev–Trinajstić information content (AvgIpc) is 3.00. The number of aliphatic imine (C=N–C) groups is 1. The Bertz CT molecular complexity index is 1000. The molecule has 6 nitrogen and oxygen atoms in total. The van der Waals surface area contributed by atoms with Gasteiger partial charge in [0.2, 0.25) is 6.08 Å². The Morgan fingerprint density at radius 3 is 2.38 bits per heavy atom. The van der Waals surface area contributed by atoms with Crippen LogP contribution in [0.15, 0.2) is 58.6 Å². The Hall–Kier alpha value is -3.16. The Balaban J connectivity index is 1.83. The normalized spacial score (nSPS) is 18.8. The molecule has 0 fully saturated rings. The molecule has 1 N–H and O–H groups in total. The molecule has 150 valence electrons. The van der Waals surface area contributed by atoms with Crippen molar-refractivity contribution < 1.29 is 22.8 Å². The quantitative estimate of drug-likeness (QED) is 0.575. The van der Waals surface area contributed by atoms with E-state index in [1.54, 1.807) is 31.2 Å². The van der Waals surface area contributed by atoms with Crippen LogP contribution in [0.1, 0.15) is 18.1 Å². The molecule has 0 saturated carbocycles. The lowest BCUT2D eigenvalue weighted by Crippen LogP contribution is -2.39. The number of rotatable bonds is 3. The largest absolute Gasteiger partial charge is 0.416 e. The van der Waals surface area contributed by atoms with Crippen molar-refractivity contribution in [2.24, 2.45) is 10.1 Å². The van der Waals surface area contributed by atoms with Gasteiger partial charge in [-0.05, 0) is 43.3 Å². The van der Waals surface area contributed by atoms with E-state index in [9.17, 15) is 22.8 Å². The maximum Gasteiger partial charge on any atom is 0.416 e. The van der Waals surface area contributed by atoms with Crippen LogP contribution < -0.4 is 5.32 Å². The number of hydrogen-bond acceptors (Lipinski definition) is 4. The van der Waals surface area contributed by atoms with E-state index in [0.717, 1.165) is 29.3 Å². The monoisotopic (exact) mass is 422 g/mol. The van der Waals surface area contributed by atoms with Crippen molar-refractivity contribution >= 4 is 35.1 Å². The van der Waals surface area contributed by atoms with Crippen LogP contribution in [0.2, 0.25) is 5.02 Å². The van der Waals surface area contributed by atoms with Crippen LogP contribution in [0.25, 0.3) is 0 Å². The lowest BCUT2D eigenvalue weighted by molar-refractivity contribution is -0.137. The average molecular weight is 423 g/mol. The van der Waals surface area contributed by atoms with Crippen LogP contribution in [0.3, 0.4) is 0 Å². The van der Waals surface area contributed by atoms with Crippen molar-refractivity contribution in [2.75, 3.05) is 11.9 Å². The smallest absolute Gasteiger partial charge is 0.306 e. The van der Waals surface area contributed by atoms with Crippen molar-refractivity contribution in [3.05, 3.63) is 64.7 Å². The highest BCUT2D eigenvalue weighted by molar-refractivity contribution is 6.30. The fourth-order valence-corrected chi connectivity index (χ4v) is 2.97. The van der Waals surface area contributed by atoms with Gasteiger partial charge in [0.05, 0.1) is 17.8 Å². The van der Waals surface area contributed by atoms with E-state index in [4.69, 9.17) is 11.6 Å². The van der Waals surface area contributed by atoms with E-state index >= 15 is 0 Å². The number of carbonyl (C=O) groups excluding carboxylic acids is 2. The second-order valence-electron chi connectivity index (χ2n) is 6.50. The lowest BCUT2D eigenvalue weighted by Gasteiger charge is -2.20. The molecular formula is C19H14ClF3N4O2. The summed E-state index contributed by atoms with van der Waals surface area (Å²) in [5.74, 6) is 0. The first-order chi connectivity index (χ1) is 13.6. The van der Waals surface area contributed by atoms with Crippen LogP contribution in [-0.2, 0) is 11.0 Å². The molecule has 0 bridgehead atoms. The van der Waals surface area contributed by atoms with Crippen LogP contribution in [0.5, 0.6) is 0 Å². The van der Waals surface area contributed by atoms with Crippen LogP contribution in [0, 0.1) is 0 Å². The lowest BCUT2D eigenvalue weighted by atomic mass is 9.92. The zero-order chi connectivity index (χ0) is 21.2. The molecule has 0 aromatic heterocycles. The zero-order valence-electron chi connectivity index (χ0n) is 15.0. The summed E-state index contributed by atoms with van der Waals surface area (Å²) < 4.78 is 38.0. The molecule has 1 aliphatic heterocycles. The number of hydrogen-bond donors (Lipinski definition) is 1. The minimum absolute atomic E-state index is 0.0489. The Morgan fingerprint density at radius 2 is 1.83 bits per heavy atom. The molecule has 2 aromatic rings. The third-order valence-electron chi connectivity index (χ3n) is 4.30. The van der Waals surface area contributed by atoms with Gasteiger partial charge in [-0.3, -0.25) is 0 Å². The van der Waals surface area contributed by atoms with E-state index in [1.807, 2.05) is 0 Å². The molecular weight excluding hydrogens is 409 g/mol. The number of hydrazone groups is 1. The minimum Gasteiger partial charge on any atom is -0.306 e. The fourth-order valence-electron chi connectivity index (χ4n) is 2.84. The Kier molecular flexibility index (Phi) is 5.46. The third-order valence-corrected chi connectivity index (χ3v) is 4.55. The number of nitrogens with one attached hydrogen (secondary N) is 1. The molecule has 0 radical (unpaired) electrons. The van der Waals surface area contributed by atoms with Gasteiger partial charge in [0.15, 0.2) is 0 Å². The summed E-state index contributed by atoms with van der Waals surface area (Å²) in [6, 6.07) is 9.96. The van der Waals surface area contributed by atoms with Crippen molar-refractivity contribution in [3.63, 3.8) is 0 Å². The molecule has 1 heterocycles. The Labute approximate surface area is 168 Å². The van der Waals surface area contributed by atoms with E-state index in [0.29, 0.717) is 16.3 Å². The maximum absolute atomic E-state index is 12.7. The summed E-state index contributed by atoms with van der Waals surface area (Å²) in [6.07, 6.45) is -2.97. The molecule has 0 saturated heterocycles. The van der Waals surface area contributed by atoms with Gasteiger partial charge in [0.1, 0.15) is 5.54 Å². The van der Waals surface area contributed by atoms with Crippen molar-refractivity contribution in [3.8, 4) is 0 Å². The van der Waals surface area contributed by atoms with Gasteiger partial charge in [0, 0.05) is 16.3 Å². The highest BCUT2D eigenvalue weighted by atomic mass is 35.5. The molecule has 0 spiro atoms. The number of halogens is 4. The summed E-state index contributed by atoms with van der Waals surface area (Å²) in [7, 11) is 0. The predicted molar refractivity (Wildman–Crippen MR) is 102 cm³/mol. The van der Waals surface area contributed by atoms with E-state index in [2.05, 4.69) is 15.4 Å². The second-order valence-corrected chi connectivity index (χ2v) is 6.93. The summed E-state index contributed by atoms with van der Waals surface area (Å²) in [6.45, 7) is 1.57. The SMILES string of the molecule is CC1(N=C=O)CN(C(=O)Nc2ccc(C(F)(F)F)cc2)N=C1c1ccc(Cl)cc1. The molecule has 2 amide bonds. The molecule has 1 atom stereocenters. The van der Waals surface area contributed by atoms with Gasteiger partial charge in [-0.25, -0.2) is 14.6 Å². The van der Waals surface area contributed by atoms with Gasteiger partial charge in [0.25, 0.3) is 0 Å². The van der Waals surface area contributed by atoms with Crippen molar-refractivity contribution in [1.82, 2.24) is 5.01 Å². The number of alkyl halides is 3. The van der Waals surface area contributed by atoms with Crippen molar-refractivity contribution in [2.45, 2.75) is 18.6 Å². The van der Waals surface area contributed by atoms with Gasteiger partial charge in [-0.2, -0.15) is 23.3 Å². The summed E-state index contributed by atoms with van der Waals surface area (Å²) in [4.78, 5) is 27.2. The minimum atomic E-state index is -4.47. The zero-order valence-corrected chi connectivity index (χ0v) is 15.8. The number of nitrogens with zero attached hydrogens (tertiary/aromatic N) is 3. The fraction of sp³-hybridized carbons (Fsp3) is 0.211. The van der Waals surface area contributed by atoms with Crippen LogP contribution >= 0.6 is 11.6 Å². The molecule has 29 heavy (non-hydrogen) atoms. The molecule has 0 aliphatic carbocycles. The van der Waals surface area contributed by atoms with E-state index in [-0.39, 0.29) is 12.2 Å². The summed E-state index contributed by atoms with van der Waals surface area (Å²) >= 11 is 5.89. The van der Waals surface area contributed by atoms with Crippen LogP contribution in [0.4, 0.5) is 23.7 Å². The Morgan fingerprint density at radius 1 is 1.21 bits per heavy atom. The standard InChI is InChI=1S/C19H14ClF3N4O2/c1-18(24-11-28)10-27(26-16(18)12-2-6-14(20)7-3-12)17(29)25-15-8-4-13(5-9-15)19(21,22)23/h2-9H,10H2,1H3,(H,25,29). The first-order valence-electron chi connectivity index (χ1n) is 8.32. The first-order valence-corrected chi connectivity index (χ1v) is 8.70. The van der Waals surface area contributed by atoms with Gasteiger partial charge < -0.3 is 5.32 Å². The number of carbonyl (C=O) groups is 1. The molecule has 1 unspecified atom stereocenters. The van der Waals surface area contributed by atoms with E-state index < -0.39 is 23.3 Å². The molecule has 1 aliphatic rings. The molecule has 10 heteroatoms. The second kappa shape index (κ2) is 7.69. The highest BCUT2D eigenvalue weighted by Gasteiger charge is 2.42. The number of isocyanates is 1. The van der Waals surface area contributed by atoms with Crippen LogP contribution in [-0.4, -0.2) is 34.9 Å². The summed E-state index contributed by atoms with van der Waals surface area (Å²) in [5.41, 5.74) is -0.820. The predicted octanol–water partition coefficient (Wildman–Crippen LogP) is 4.71. The highest BCUT2D eigenvalue weighted by Crippen LogP contribution is 2.31.